The van der Waals surface area contributed by atoms with Crippen LogP contribution in [0.4, 0.5) is 4.39 Å². The summed E-state index contributed by atoms with van der Waals surface area (Å²) >= 11 is 0. The van der Waals surface area contributed by atoms with Crippen LogP contribution in [0.25, 0.3) is 11.1 Å². The van der Waals surface area contributed by atoms with Crippen molar-refractivity contribution in [2.24, 2.45) is 5.73 Å². The smallest absolute Gasteiger partial charge is 0.341 e. The van der Waals surface area contributed by atoms with Gasteiger partial charge in [0.25, 0.3) is 0 Å². The third kappa shape index (κ3) is 4.82. The number of fused-ring (bicyclic) bond motifs is 1. The molecule has 0 aliphatic carbocycles. The van der Waals surface area contributed by atoms with E-state index in [0.717, 1.165) is 0 Å². The number of aromatic nitrogens is 1. The molecule has 31 heavy (non-hydrogen) atoms. The van der Waals surface area contributed by atoms with Crippen molar-refractivity contribution in [2.45, 2.75) is 12.3 Å². The first-order chi connectivity index (χ1) is 14.9. The number of esters is 2. The maximum absolute atomic E-state index is 13.6. The first kappa shape index (κ1) is 21.4. The van der Waals surface area contributed by atoms with Gasteiger partial charge in [-0.05, 0) is 29.3 Å². The largest absolute Gasteiger partial charge is 0.452 e. The Morgan fingerprint density at radius 1 is 1.13 bits per heavy atom. The van der Waals surface area contributed by atoms with Crippen LogP contribution in [-0.2, 0) is 19.1 Å². The first-order valence-corrected chi connectivity index (χ1v) is 9.07. The third-order valence-electron chi connectivity index (χ3n) is 4.47. The summed E-state index contributed by atoms with van der Waals surface area (Å²) in [5.74, 6) is 1.53. The van der Waals surface area contributed by atoms with E-state index in [4.69, 9.17) is 32.8 Å². The van der Waals surface area contributed by atoms with Crippen LogP contribution in [0.1, 0.15) is 17.9 Å². The fraction of sp³-hybridized carbons (Fsp3) is 0.174. The number of pyridine rings is 1. The molecule has 0 saturated heterocycles. The standard InChI is InChI=1S/C23H17FN2O5/c1-3-9-29-20(27)13-17-16-11-14(15-7-8-26-19(24)12-15)5-6-18(16)31-22(25)21(17)23(28)30-10-4-2/h1-2,5-8,11-12,17H,9-10,13,25H2. The van der Waals surface area contributed by atoms with Crippen LogP contribution in [0, 0.1) is 30.6 Å². The van der Waals surface area contributed by atoms with Gasteiger partial charge in [0.15, 0.2) is 13.2 Å². The molecule has 2 N–H and O–H groups in total. The van der Waals surface area contributed by atoms with Crippen LogP contribution >= 0.6 is 0 Å². The maximum atomic E-state index is 13.6. The van der Waals surface area contributed by atoms with Crippen molar-refractivity contribution in [2.75, 3.05) is 13.2 Å². The van der Waals surface area contributed by atoms with Crippen molar-refractivity contribution in [1.29, 1.82) is 0 Å². The first-order valence-electron chi connectivity index (χ1n) is 9.07. The average Bonchev–Trinajstić information content (AvgIpc) is 2.75. The van der Waals surface area contributed by atoms with Crippen LogP contribution in [0.5, 0.6) is 5.75 Å². The molecule has 1 aliphatic rings. The molecule has 8 heteroatoms. The van der Waals surface area contributed by atoms with E-state index in [0.29, 0.717) is 22.4 Å². The molecule has 0 spiro atoms. The van der Waals surface area contributed by atoms with Crippen molar-refractivity contribution < 1.29 is 28.2 Å². The van der Waals surface area contributed by atoms with Gasteiger partial charge in [0.05, 0.1) is 6.42 Å². The number of nitrogens with zero attached hydrogens (tertiary/aromatic N) is 1. The Morgan fingerprint density at radius 3 is 2.55 bits per heavy atom. The van der Waals surface area contributed by atoms with E-state index in [9.17, 15) is 14.0 Å². The summed E-state index contributed by atoms with van der Waals surface area (Å²) < 4.78 is 29.1. The minimum absolute atomic E-state index is 0.0709. The lowest BCUT2D eigenvalue weighted by molar-refractivity contribution is -0.142. The number of hydrogen-bond donors (Lipinski definition) is 1. The second-order valence-corrected chi connectivity index (χ2v) is 6.40. The number of nitrogens with two attached hydrogens (primary N) is 1. The predicted octanol–water partition coefficient (Wildman–Crippen LogP) is 2.28. The number of carbonyl (C=O) groups excluding carboxylic acids is 2. The molecule has 0 radical (unpaired) electrons. The van der Waals surface area contributed by atoms with Gasteiger partial charge in [0.2, 0.25) is 11.8 Å². The number of terminal acetylenes is 2. The van der Waals surface area contributed by atoms with Crippen LogP contribution in [-0.4, -0.2) is 30.1 Å². The van der Waals surface area contributed by atoms with Crippen molar-refractivity contribution in [3.63, 3.8) is 0 Å². The van der Waals surface area contributed by atoms with Gasteiger partial charge in [0, 0.05) is 23.7 Å². The Hall–Kier alpha value is -4.30. The zero-order chi connectivity index (χ0) is 22.4. The van der Waals surface area contributed by atoms with Crippen molar-refractivity contribution in [3.05, 3.63) is 59.5 Å². The molecular formula is C23H17FN2O5. The Balaban J connectivity index is 2.05. The number of carbonyl (C=O) groups is 2. The molecule has 2 heterocycles. The van der Waals surface area contributed by atoms with Crippen LogP contribution < -0.4 is 10.5 Å². The Bertz CT molecular complexity index is 1140. The Kier molecular flexibility index (Phi) is 6.54. The summed E-state index contributed by atoms with van der Waals surface area (Å²) in [6, 6.07) is 7.85. The highest BCUT2D eigenvalue weighted by Crippen LogP contribution is 2.42. The molecule has 156 valence electrons. The second kappa shape index (κ2) is 9.47. The quantitative estimate of drug-likeness (QED) is 0.435. The zero-order valence-electron chi connectivity index (χ0n) is 16.3. The number of halogens is 1. The molecule has 1 atom stereocenters. The highest BCUT2D eigenvalue weighted by molar-refractivity contribution is 5.93. The average molecular weight is 420 g/mol. The van der Waals surface area contributed by atoms with Crippen LogP contribution in [0.2, 0.25) is 0 Å². The summed E-state index contributed by atoms with van der Waals surface area (Å²) in [7, 11) is 0. The molecule has 1 aromatic heterocycles. The highest BCUT2D eigenvalue weighted by Gasteiger charge is 2.36. The van der Waals surface area contributed by atoms with Crippen molar-refractivity contribution in [1.82, 2.24) is 4.98 Å². The lowest BCUT2D eigenvalue weighted by Gasteiger charge is -2.28. The molecule has 0 bridgehead atoms. The van der Waals surface area contributed by atoms with Gasteiger partial charge < -0.3 is 19.9 Å². The van der Waals surface area contributed by atoms with Gasteiger partial charge in [0.1, 0.15) is 11.3 Å². The van der Waals surface area contributed by atoms with Gasteiger partial charge >= 0.3 is 11.9 Å². The Labute approximate surface area is 178 Å². The number of rotatable bonds is 6. The van der Waals surface area contributed by atoms with Gasteiger partial charge in [-0.3, -0.25) is 4.79 Å². The zero-order valence-corrected chi connectivity index (χ0v) is 16.3. The minimum Gasteiger partial charge on any atom is -0.452 e. The summed E-state index contributed by atoms with van der Waals surface area (Å²) in [6.07, 6.45) is 11.4. The maximum Gasteiger partial charge on any atom is 0.341 e. The van der Waals surface area contributed by atoms with Crippen LogP contribution in [0.3, 0.4) is 0 Å². The summed E-state index contributed by atoms with van der Waals surface area (Å²) in [4.78, 5) is 28.4. The van der Waals surface area contributed by atoms with E-state index in [1.807, 2.05) is 0 Å². The highest BCUT2D eigenvalue weighted by atomic mass is 19.1. The topological polar surface area (TPSA) is 101 Å². The van der Waals surface area contributed by atoms with Crippen molar-refractivity contribution >= 4 is 11.9 Å². The second-order valence-electron chi connectivity index (χ2n) is 6.40. The summed E-state index contributed by atoms with van der Waals surface area (Å²) in [5.41, 5.74) is 7.52. The molecule has 0 amide bonds. The molecule has 2 aromatic rings. The third-order valence-corrected chi connectivity index (χ3v) is 4.47. The predicted molar refractivity (Wildman–Crippen MR) is 108 cm³/mol. The minimum atomic E-state index is -0.856. The van der Waals surface area contributed by atoms with E-state index in [1.54, 1.807) is 24.3 Å². The normalized spacial score (nSPS) is 14.5. The lowest BCUT2D eigenvalue weighted by atomic mass is 9.84. The Morgan fingerprint density at radius 2 is 1.84 bits per heavy atom. The summed E-state index contributed by atoms with van der Waals surface area (Å²) in [5, 5.41) is 0. The SMILES string of the molecule is C#CCOC(=O)CC1C(C(=O)OCC#C)=C(N)Oc2ccc(-c3ccnc(F)c3)cc21. The molecule has 1 aromatic carbocycles. The molecule has 7 nitrogen and oxygen atoms in total. The number of hydrogen-bond acceptors (Lipinski definition) is 7. The van der Waals surface area contributed by atoms with E-state index >= 15 is 0 Å². The van der Waals surface area contributed by atoms with Gasteiger partial charge in [-0.25, -0.2) is 9.78 Å². The van der Waals surface area contributed by atoms with Crippen LogP contribution in [0.15, 0.2) is 48.0 Å². The molecular weight excluding hydrogens is 403 g/mol. The lowest BCUT2D eigenvalue weighted by Crippen LogP contribution is -2.28. The van der Waals surface area contributed by atoms with E-state index in [1.165, 1.54) is 12.3 Å². The molecule has 1 unspecified atom stereocenters. The molecule has 0 saturated carbocycles. The fourth-order valence-corrected chi connectivity index (χ4v) is 3.16. The molecule has 3 rings (SSSR count). The molecule has 0 fully saturated rings. The van der Waals surface area contributed by atoms with E-state index in [2.05, 4.69) is 16.8 Å². The fourth-order valence-electron chi connectivity index (χ4n) is 3.16. The van der Waals surface area contributed by atoms with E-state index in [-0.39, 0.29) is 31.1 Å². The molecule has 1 aliphatic heterocycles. The monoisotopic (exact) mass is 420 g/mol. The van der Waals surface area contributed by atoms with E-state index < -0.39 is 23.8 Å². The summed E-state index contributed by atoms with van der Waals surface area (Å²) in [6.45, 7) is -0.506. The van der Waals surface area contributed by atoms with Crippen molar-refractivity contribution in [3.8, 4) is 41.6 Å². The number of benzene rings is 1. The van der Waals surface area contributed by atoms with Gasteiger partial charge in [-0.15, -0.1) is 12.8 Å². The van der Waals surface area contributed by atoms with Gasteiger partial charge in [-0.1, -0.05) is 17.9 Å². The number of ether oxygens (including phenoxy) is 3. The van der Waals surface area contributed by atoms with Gasteiger partial charge in [-0.2, -0.15) is 4.39 Å².